The van der Waals surface area contributed by atoms with Crippen LogP contribution < -0.4 is 10.1 Å². The number of carbonyl (C=O) groups is 1. The van der Waals surface area contributed by atoms with E-state index in [4.69, 9.17) is 4.74 Å². The van der Waals surface area contributed by atoms with Gasteiger partial charge in [0.05, 0.1) is 6.61 Å². The fourth-order valence-electron chi connectivity index (χ4n) is 2.09. The highest BCUT2D eigenvalue weighted by Crippen LogP contribution is 2.18. The highest BCUT2D eigenvalue weighted by molar-refractivity contribution is 5.78. The summed E-state index contributed by atoms with van der Waals surface area (Å²) >= 11 is 0. The molecular weight excluding hydrogens is 266 g/mol. The van der Waals surface area contributed by atoms with Crippen molar-refractivity contribution in [1.82, 2.24) is 5.32 Å². The molecule has 21 heavy (non-hydrogen) atoms. The number of nitrogens with one attached hydrogen (secondary N) is 1. The lowest BCUT2D eigenvalue weighted by Gasteiger charge is -2.26. The monoisotopic (exact) mass is 293 g/mol. The van der Waals surface area contributed by atoms with E-state index in [0.29, 0.717) is 26.0 Å². The summed E-state index contributed by atoms with van der Waals surface area (Å²) in [7, 11) is 0. The second-order valence-corrected chi connectivity index (χ2v) is 5.76. The zero-order chi connectivity index (χ0) is 15.9. The Kier molecular flexibility index (Phi) is 6.69. The number of carboxylic acid groups (broad SMARTS) is 1. The van der Waals surface area contributed by atoms with Crippen molar-refractivity contribution >= 4 is 5.97 Å². The van der Waals surface area contributed by atoms with E-state index in [9.17, 15) is 9.90 Å². The standard InChI is InChI=1S/C17H27NO3/c1-5-10-18-17(4,16(19)20)9-6-11-21-15-8-7-13(2)14(3)12-15/h7-8,12,18H,5-6,9-11H2,1-4H3,(H,19,20). The number of rotatable bonds is 9. The van der Waals surface area contributed by atoms with Crippen molar-refractivity contribution in [2.75, 3.05) is 13.2 Å². The molecule has 0 aliphatic carbocycles. The molecule has 118 valence electrons. The van der Waals surface area contributed by atoms with Gasteiger partial charge in [-0.15, -0.1) is 0 Å². The van der Waals surface area contributed by atoms with Crippen molar-refractivity contribution < 1.29 is 14.6 Å². The second-order valence-electron chi connectivity index (χ2n) is 5.76. The Morgan fingerprint density at radius 1 is 1.33 bits per heavy atom. The quantitative estimate of drug-likeness (QED) is 0.686. The molecule has 0 aliphatic rings. The van der Waals surface area contributed by atoms with E-state index in [1.165, 1.54) is 11.1 Å². The highest BCUT2D eigenvalue weighted by atomic mass is 16.5. The molecule has 0 aliphatic heterocycles. The molecule has 0 bridgehead atoms. The Bertz CT molecular complexity index is 473. The topological polar surface area (TPSA) is 58.6 Å². The molecule has 0 fully saturated rings. The van der Waals surface area contributed by atoms with Crippen molar-refractivity contribution in [3.63, 3.8) is 0 Å². The lowest BCUT2D eigenvalue weighted by molar-refractivity contribution is -0.144. The van der Waals surface area contributed by atoms with E-state index in [0.717, 1.165) is 12.2 Å². The van der Waals surface area contributed by atoms with Crippen molar-refractivity contribution in [3.05, 3.63) is 29.3 Å². The van der Waals surface area contributed by atoms with Gasteiger partial charge in [-0.2, -0.15) is 0 Å². The summed E-state index contributed by atoms with van der Waals surface area (Å²) < 4.78 is 5.70. The first-order valence-electron chi connectivity index (χ1n) is 7.57. The van der Waals surface area contributed by atoms with Crippen molar-refractivity contribution in [1.29, 1.82) is 0 Å². The minimum absolute atomic E-state index is 0.527. The molecule has 4 nitrogen and oxygen atoms in total. The van der Waals surface area contributed by atoms with Gasteiger partial charge in [0.15, 0.2) is 0 Å². The second kappa shape index (κ2) is 8.03. The number of hydrogen-bond donors (Lipinski definition) is 2. The molecule has 0 heterocycles. The molecule has 4 heteroatoms. The Morgan fingerprint density at radius 3 is 2.62 bits per heavy atom. The minimum atomic E-state index is -0.872. The van der Waals surface area contributed by atoms with Crippen LogP contribution >= 0.6 is 0 Å². The molecule has 1 unspecified atom stereocenters. The third kappa shape index (κ3) is 5.38. The average molecular weight is 293 g/mol. The van der Waals surface area contributed by atoms with Crippen LogP contribution in [-0.4, -0.2) is 29.8 Å². The third-order valence-electron chi connectivity index (χ3n) is 3.81. The number of benzene rings is 1. The van der Waals surface area contributed by atoms with Crippen molar-refractivity contribution in [3.8, 4) is 5.75 Å². The zero-order valence-electron chi connectivity index (χ0n) is 13.5. The van der Waals surface area contributed by atoms with Crippen LogP contribution in [-0.2, 0) is 4.79 Å². The maximum absolute atomic E-state index is 11.4. The maximum Gasteiger partial charge on any atom is 0.323 e. The van der Waals surface area contributed by atoms with Gasteiger partial charge in [-0.05, 0) is 69.8 Å². The van der Waals surface area contributed by atoms with Gasteiger partial charge in [0.1, 0.15) is 11.3 Å². The third-order valence-corrected chi connectivity index (χ3v) is 3.81. The van der Waals surface area contributed by atoms with E-state index in [1.807, 2.05) is 25.1 Å². The largest absolute Gasteiger partial charge is 0.494 e. The smallest absolute Gasteiger partial charge is 0.323 e. The average Bonchev–Trinajstić information content (AvgIpc) is 2.45. The molecule has 0 saturated heterocycles. The van der Waals surface area contributed by atoms with E-state index in [-0.39, 0.29) is 0 Å². The lowest BCUT2D eigenvalue weighted by Crippen LogP contribution is -2.49. The lowest BCUT2D eigenvalue weighted by atomic mass is 9.96. The minimum Gasteiger partial charge on any atom is -0.494 e. The van der Waals surface area contributed by atoms with Crippen LogP contribution in [0, 0.1) is 13.8 Å². The zero-order valence-corrected chi connectivity index (χ0v) is 13.5. The number of aryl methyl sites for hydroxylation is 2. The van der Waals surface area contributed by atoms with Gasteiger partial charge in [-0.25, -0.2) is 0 Å². The predicted molar refractivity (Wildman–Crippen MR) is 85.0 cm³/mol. The van der Waals surface area contributed by atoms with Crippen molar-refractivity contribution in [2.45, 2.75) is 52.5 Å². The van der Waals surface area contributed by atoms with Crippen LogP contribution in [0.15, 0.2) is 18.2 Å². The number of hydrogen-bond acceptors (Lipinski definition) is 3. The van der Waals surface area contributed by atoms with Crippen LogP contribution in [0.2, 0.25) is 0 Å². The van der Waals surface area contributed by atoms with E-state index in [1.54, 1.807) is 6.92 Å². The summed E-state index contributed by atoms with van der Waals surface area (Å²) in [5, 5.41) is 12.4. The van der Waals surface area contributed by atoms with Crippen LogP contribution in [0.3, 0.4) is 0 Å². The molecule has 1 aromatic carbocycles. The molecule has 0 amide bonds. The number of carboxylic acids is 1. The number of aliphatic carboxylic acids is 1. The first-order chi connectivity index (χ1) is 9.89. The Morgan fingerprint density at radius 2 is 2.05 bits per heavy atom. The summed E-state index contributed by atoms with van der Waals surface area (Å²) in [6, 6.07) is 6.00. The molecule has 0 aromatic heterocycles. The molecular formula is C17H27NO3. The van der Waals surface area contributed by atoms with Gasteiger partial charge in [0.2, 0.25) is 0 Å². The molecule has 1 aromatic rings. The highest BCUT2D eigenvalue weighted by Gasteiger charge is 2.31. The summed E-state index contributed by atoms with van der Waals surface area (Å²) in [6.07, 6.45) is 2.17. The molecule has 1 atom stereocenters. The Hall–Kier alpha value is -1.55. The molecule has 2 N–H and O–H groups in total. The van der Waals surface area contributed by atoms with Gasteiger partial charge in [-0.3, -0.25) is 4.79 Å². The maximum atomic E-state index is 11.4. The fourth-order valence-corrected chi connectivity index (χ4v) is 2.09. The van der Waals surface area contributed by atoms with Gasteiger partial charge >= 0.3 is 5.97 Å². The van der Waals surface area contributed by atoms with Gasteiger partial charge < -0.3 is 15.2 Å². The van der Waals surface area contributed by atoms with Gasteiger partial charge in [-0.1, -0.05) is 13.0 Å². The Labute approximate surface area is 127 Å². The van der Waals surface area contributed by atoms with Gasteiger partial charge in [0.25, 0.3) is 0 Å². The van der Waals surface area contributed by atoms with Crippen LogP contribution in [0.25, 0.3) is 0 Å². The normalized spacial score (nSPS) is 13.7. The van der Waals surface area contributed by atoms with E-state index in [2.05, 4.69) is 19.2 Å². The van der Waals surface area contributed by atoms with Crippen LogP contribution in [0.5, 0.6) is 5.75 Å². The summed E-state index contributed by atoms with van der Waals surface area (Å²) in [6.45, 7) is 9.12. The summed E-state index contributed by atoms with van der Waals surface area (Å²) in [5.74, 6) is 0.0405. The fraction of sp³-hybridized carbons (Fsp3) is 0.588. The molecule has 0 radical (unpaired) electrons. The van der Waals surface area contributed by atoms with E-state index < -0.39 is 11.5 Å². The Balaban J connectivity index is 2.43. The van der Waals surface area contributed by atoms with Crippen LogP contribution in [0.1, 0.15) is 44.2 Å². The van der Waals surface area contributed by atoms with Crippen molar-refractivity contribution in [2.24, 2.45) is 0 Å². The molecule has 0 saturated carbocycles. The van der Waals surface area contributed by atoms with Gasteiger partial charge in [0, 0.05) is 0 Å². The number of ether oxygens (including phenoxy) is 1. The van der Waals surface area contributed by atoms with Crippen LogP contribution in [0.4, 0.5) is 0 Å². The SMILES string of the molecule is CCCNC(C)(CCCOc1ccc(C)c(C)c1)C(=O)O. The summed E-state index contributed by atoms with van der Waals surface area (Å²) in [4.78, 5) is 11.4. The summed E-state index contributed by atoms with van der Waals surface area (Å²) in [5.41, 5.74) is 1.57. The molecule has 0 spiro atoms. The van der Waals surface area contributed by atoms with E-state index >= 15 is 0 Å². The molecule has 1 rings (SSSR count). The predicted octanol–water partition coefficient (Wildman–Crippen LogP) is 3.31. The first kappa shape index (κ1) is 17.5. The first-order valence-corrected chi connectivity index (χ1v) is 7.57.